The van der Waals surface area contributed by atoms with Gasteiger partial charge < -0.3 is 15.0 Å². The van der Waals surface area contributed by atoms with E-state index in [0.717, 1.165) is 0 Å². The molecule has 0 aromatic carbocycles. The van der Waals surface area contributed by atoms with Crippen molar-refractivity contribution in [3.05, 3.63) is 34.9 Å². The van der Waals surface area contributed by atoms with Gasteiger partial charge >= 0.3 is 5.97 Å². The number of nitrogens with zero attached hydrogens (tertiary/aromatic N) is 2. The summed E-state index contributed by atoms with van der Waals surface area (Å²) in [7, 11) is 0. The molecule has 6 heteroatoms. The van der Waals surface area contributed by atoms with Gasteiger partial charge in [0.05, 0.1) is 5.92 Å². The molecule has 19 heavy (non-hydrogen) atoms. The molecule has 6 nitrogen and oxygen atoms in total. The summed E-state index contributed by atoms with van der Waals surface area (Å²) in [6, 6.07) is -0.105. The van der Waals surface area contributed by atoms with Crippen LogP contribution in [0.25, 0.3) is 0 Å². The number of aromatic nitrogens is 2. The molecule has 102 valence electrons. The summed E-state index contributed by atoms with van der Waals surface area (Å²) in [5.41, 5.74) is -0.190. The summed E-state index contributed by atoms with van der Waals surface area (Å²) in [5, 5.41) is 11.9. The van der Waals surface area contributed by atoms with Gasteiger partial charge in [0.15, 0.2) is 5.82 Å². The van der Waals surface area contributed by atoms with Gasteiger partial charge in [0.1, 0.15) is 0 Å². The fourth-order valence-corrected chi connectivity index (χ4v) is 2.10. The second-order valence-electron chi connectivity index (χ2n) is 4.90. The van der Waals surface area contributed by atoms with Crippen molar-refractivity contribution < 1.29 is 9.90 Å². The number of hydrogen-bond acceptors (Lipinski definition) is 4. The number of carboxylic acids is 1. The zero-order chi connectivity index (χ0) is 14.0. The van der Waals surface area contributed by atoms with E-state index in [2.05, 4.69) is 10.3 Å². The highest BCUT2D eigenvalue weighted by atomic mass is 16.4. The van der Waals surface area contributed by atoms with Gasteiger partial charge in [-0.2, -0.15) is 0 Å². The van der Waals surface area contributed by atoms with Crippen LogP contribution < -0.4 is 10.9 Å². The average Bonchev–Trinajstić information content (AvgIpc) is 2.80. The molecule has 2 atom stereocenters. The van der Waals surface area contributed by atoms with Gasteiger partial charge in [0, 0.05) is 24.5 Å². The first-order chi connectivity index (χ1) is 8.99. The standard InChI is InChI=1S/C13H17N3O3/c1-8(2)16-6-5-14-11(12(16)17)15-10-4-3-9(7-10)13(18)19/h3-6,8-10H,7H2,1-2H3,(H,14,15)(H,18,19). The Kier molecular flexibility index (Phi) is 3.69. The van der Waals surface area contributed by atoms with E-state index in [1.54, 1.807) is 29.1 Å². The molecule has 0 saturated heterocycles. The van der Waals surface area contributed by atoms with Crippen LogP contribution in [0.15, 0.2) is 29.3 Å². The monoisotopic (exact) mass is 263 g/mol. The lowest BCUT2D eigenvalue weighted by molar-refractivity contribution is -0.140. The zero-order valence-electron chi connectivity index (χ0n) is 10.9. The summed E-state index contributed by atoms with van der Waals surface area (Å²) in [6.45, 7) is 3.84. The van der Waals surface area contributed by atoms with E-state index in [4.69, 9.17) is 5.11 Å². The Hall–Kier alpha value is -2.11. The topological polar surface area (TPSA) is 84.2 Å². The molecule has 2 unspecified atom stereocenters. The lowest BCUT2D eigenvalue weighted by atomic mass is 10.1. The van der Waals surface area contributed by atoms with E-state index in [1.165, 1.54) is 0 Å². The zero-order valence-corrected chi connectivity index (χ0v) is 10.9. The second kappa shape index (κ2) is 5.26. The molecule has 0 amide bonds. The Morgan fingerprint density at radius 2 is 2.26 bits per heavy atom. The van der Waals surface area contributed by atoms with Crippen molar-refractivity contribution in [2.45, 2.75) is 32.4 Å². The highest BCUT2D eigenvalue weighted by Crippen LogP contribution is 2.20. The van der Waals surface area contributed by atoms with Crippen molar-refractivity contribution in [1.82, 2.24) is 9.55 Å². The highest BCUT2D eigenvalue weighted by molar-refractivity contribution is 5.73. The third-order valence-electron chi connectivity index (χ3n) is 3.15. The molecule has 1 aliphatic carbocycles. The van der Waals surface area contributed by atoms with Crippen LogP contribution in [0.4, 0.5) is 5.82 Å². The molecule has 2 rings (SSSR count). The van der Waals surface area contributed by atoms with Crippen molar-refractivity contribution in [1.29, 1.82) is 0 Å². The molecule has 1 aromatic heterocycles. The average molecular weight is 263 g/mol. The van der Waals surface area contributed by atoms with Gasteiger partial charge in [-0.25, -0.2) is 4.98 Å². The molecule has 2 N–H and O–H groups in total. The maximum Gasteiger partial charge on any atom is 0.310 e. The summed E-state index contributed by atoms with van der Waals surface area (Å²) < 4.78 is 1.59. The minimum absolute atomic E-state index is 0.0574. The predicted molar refractivity (Wildman–Crippen MR) is 71.2 cm³/mol. The Balaban J connectivity index is 2.13. The number of carboxylic acid groups (broad SMARTS) is 1. The summed E-state index contributed by atoms with van der Waals surface area (Å²) in [6.07, 6.45) is 7.06. The number of rotatable bonds is 4. The first-order valence-electron chi connectivity index (χ1n) is 6.24. The van der Waals surface area contributed by atoms with Crippen LogP contribution in [0.2, 0.25) is 0 Å². The van der Waals surface area contributed by atoms with E-state index in [-0.39, 0.29) is 23.5 Å². The molecular weight excluding hydrogens is 246 g/mol. The molecule has 0 saturated carbocycles. The quantitative estimate of drug-likeness (QED) is 0.799. The molecule has 0 bridgehead atoms. The van der Waals surface area contributed by atoms with Crippen molar-refractivity contribution >= 4 is 11.8 Å². The maximum absolute atomic E-state index is 12.1. The van der Waals surface area contributed by atoms with E-state index < -0.39 is 11.9 Å². The number of anilines is 1. The third kappa shape index (κ3) is 2.83. The number of aliphatic carboxylic acids is 1. The van der Waals surface area contributed by atoms with Crippen LogP contribution in [0.3, 0.4) is 0 Å². The predicted octanol–water partition coefficient (Wildman–Crippen LogP) is 1.27. The minimum atomic E-state index is -0.846. The van der Waals surface area contributed by atoms with E-state index in [9.17, 15) is 9.59 Å². The highest BCUT2D eigenvalue weighted by Gasteiger charge is 2.25. The molecule has 0 radical (unpaired) electrons. The van der Waals surface area contributed by atoms with Crippen LogP contribution in [-0.4, -0.2) is 26.7 Å². The van der Waals surface area contributed by atoms with Gasteiger partial charge in [-0.05, 0) is 20.3 Å². The molecule has 0 spiro atoms. The van der Waals surface area contributed by atoms with Crippen LogP contribution in [0.1, 0.15) is 26.3 Å². The first-order valence-corrected chi connectivity index (χ1v) is 6.24. The van der Waals surface area contributed by atoms with Gasteiger partial charge in [-0.3, -0.25) is 9.59 Å². The van der Waals surface area contributed by atoms with Crippen LogP contribution in [0, 0.1) is 5.92 Å². The molecule has 1 aliphatic rings. The molecule has 1 aromatic rings. The Morgan fingerprint density at radius 1 is 1.53 bits per heavy atom. The summed E-state index contributed by atoms with van der Waals surface area (Å²) >= 11 is 0. The Labute approximate surface area is 110 Å². The smallest absolute Gasteiger partial charge is 0.310 e. The first kappa shape index (κ1) is 13.3. The molecule has 1 heterocycles. The van der Waals surface area contributed by atoms with Crippen LogP contribution in [0.5, 0.6) is 0 Å². The number of carbonyl (C=O) groups is 1. The van der Waals surface area contributed by atoms with Gasteiger partial charge in [0.2, 0.25) is 0 Å². The lowest BCUT2D eigenvalue weighted by Gasteiger charge is -2.15. The summed E-state index contributed by atoms with van der Waals surface area (Å²) in [4.78, 5) is 27.0. The largest absolute Gasteiger partial charge is 0.481 e. The SMILES string of the molecule is CC(C)n1ccnc(NC2C=CC(C(=O)O)C2)c1=O. The van der Waals surface area contributed by atoms with E-state index in [1.807, 2.05) is 13.8 Å². The van der Waals surface area contributed by atoms with Crippen LogP contribution in [-0.2, 0) is 4.79 Å². The van der Waals surface area contributed by atoms with E-state index in [0.29, 0.717) is 6.42 Å². The van der Waals surface area contributed by atoms with Gasteiger partial charge in [-0.15, -0.1) is 0 Å². The lowest BCUT2D eigenvalue weighted by Crippen LogP contribution is -2.29. The Bertz CT molecular complexity index is 562. The fraction of sp³-hybridized carbons (Fsp3) is 0.462. The molecular formula is C13H17N3O3. The van der Waals surface area contributed by atoms with Crippen molar-refractivity contribution in [3.63, 3.8) is 0 Å². The Morgan fingerprint density at radius 3 is 2.84 bits per heavy atom. The molecule has 0 aliphatic heterocycles. The van der Waals surface area contributed by atoms with Crippen LogP contribution >= 0.6 is 0 Å². The number of hydrogen-bond donors (Lipinski definition) is 2. The normalized spacial score (nSPS) is 21.8. The van der Waals surface area contributed by atoms with E-state index >= 15 is 0 Å². The number of nitrogens with one attached hydrogen (secondary N) is 1. The third-order valence-corrected chi connectivity index (χ3v) is 3.15. The van der Waals surface area contributed by atoms with Gasteiger partial charge in [0.25, 0.3) is 5.56 Å². The minimum Gasteiger partial charge on any atom is -0.481 e. The van der Waals surface area contributed by atoms with Crippen molar-refractivity contribution in [2.24, 2.45) is 5.92 Å². The maximum atomic E-state index is 12.1. The van der Waals surface area contributed by atoms with Crippen molar-refractivity contribution in [2.75, 3.05) is 5.32 Å². The summed E-state index contributed by atoms with van der Waals surface area (Å²) in [5.74, 6) is -1.08. The fourth-order valence-electron chi connectivity index (χ4n) is 2.10. The second-order valence-corrected chi connectivity index (χ2v) is 4.90. The van der Waals surface area contributed by atoms with Crippen molar-refractivity contribution in [3.8, 4) is 0 Å². The van der Waals surface area contributed by atoms with Gasteiger partial charge in [-0.1, -0.05) is 12.2 Å². The molecule has 0 fully saturated rings.